The first-order chi connectivity index (χ1) is 8.97. The molecule has 0 heterocycles. The van der Waals surface area contributed by atoms with E-state index in [1.807, 2.05) is 25.1 Å². The van der Waals surface area contributed by atoms with Gasteiger partial charge in [-0.1, -0.05) is 15.9 Å². The molecular weight excluding hydrogens is 306 g/mol. The first kappa shape index (κ1) is 13.4. The van der Waals surface area contributed by atoms with Crippen LogP contribution in [0, 0.1) is 6.92 Å². The monoisotopic (exact) mass is 319 g/mol. The molecule has 1 amide bonds. The highest BCUT2D eigenvalue weighted by Gasteiger charge is 2.06. The number of nitrogens with two attached hydrogens (primary N) is 2. The van der Waals surface area contributed by atoms with E-state index >= 15 is 0 Å². The normalized spacial score (nSPS) is 10.2. The molecule has 2 aromatic rings. The van der Waals surface area contributed by atoms with Crippen LogP contribution in [0.25, 0.3) is 0 Å². The minimum atomic E-state index is -0.488. The number of nitrogens with one attached hydrogen (secondary N) is 1. The fourth-order valence-corrected chi connectivity index (χ4v) is 2.22. The third-order valence-electron chi connectivity index (χ3n) is 2.79. The van der Waals surface area contributed by atoms with Gasteiger partial charge in [-0.05, 0) is 48.9 Å². The molecule has 0 saturated heterocycles. The number of hydrogen-bond donors (Lipinski definition) is 3. The van der Waals surface area contributed by atoms with Crippen LogP contribution in [0.1, 0.15) is 15.9 Å². The van der Waals surface area contributed by atoms with Crippen molar-refractivity contribution in [1.82, 2.24) is 0 Å². The van der Waals surface area contributed by atoms with Gasteiger partial charge in [0.1, 0.15) is 0 Å². The molecule has 0 unspecified atom stereocenters. The maximum atomic E-state index is 11.1. The smallest absolute Gasteiger partial charge is 0.248 e. The Morgan fingerprint density at radius 1 is 1.16 bits per heavy atom. The minimum absolute atomic E-state index is 0.399. The Hall–Kier alpha value is -2.01. The van der Waals surface area contributed by atoms with Crippen molar-refractivity contribution in [2.24, 2.45) is 5.73 Å². The SMILES string of the molecule is Cc1cc(Br)ccc1Nc1ccc(C(N)=O)cc1N. The summed E-state index contributed by atoms with van der Waals surface area (Å²) in [6.45, 7) is 2.00. The van der Waals surface area contributed by atoms with Gasteiger partial charge < -0.3 is 16.8 Å². The Kier molecular flexibility index (Phi) is 3.76. The molecule has 0 radical (unpaired) electrons. The molecule has 2 rings (SSSR count). The van der Waals surface area contributed by atoms with Crippen LogP contribution in [-0.2, 0) is 0 Å². The van der Waals surface area contributed by atoms with E-state index in [2.05, 4.69) is 21.2 Å². The van der Waals surface area contributed by atoms with E-state index in [0.29, 0.717) is 11.3 Å². The van der Waals surface area contributed by atoms with Crippen molar-refractivity contribution < 1.29 is 4.79 Å². The Morgan fingerprint density at radius 3 is 2.42 bits per heavy atom. The van der Waals surface area contributed by atoms with Crippen LogP contribution in [0.4, 0.5) is 17.1 Å². The molecule has 5 N–H and O–H groups in total. The Labute approximate surface area is 119 Å². The maximum Gasteiger partial charge on any atom is 0.248 e. The second kappa shape index (κ2) is 5.32. The fourth-order valence-electron chi connectivity index (χ4n) is 1.74. The topological polar surface area (TPSA) is 81.1 Å². The van der Waals surface area contributed by atoms with Crippen LogP contribution in [0.15, 0.2) is 40.9 Å². The molecule has 0 spiro atoms. The van der Waals surface area contributed by atoms with Gasteiger partial charge >= 0.3 is 0 Å². The number of hydrogen-bond acceptors (Lipinski definition) is 3. The van der Waals surface area contributed by atoms with Crippen LogP contribution < -0.4 is 16.8 Å². The van der Waals surface area contributed by atoms with Crippen LogP contribution in [0.2, 0.25) is 0 Å². The lowest BCUT2D eigenvalue weighted by atomic mass is 10.1. The van der Waals surface area contributed by atoms with Crippen LogP contribution in [-0.4, -0.2) is 5.91 Å². The van der Waals surface area contributed by atoms with Gasteiger partial charge in [0.05, 0.1) is 11.4 Å². The van der Waals surface area contributed by atoms with Crippen molar-refractivity contribution in [3.63, 3.8) is 0 Å². The third kappa shape index (κ3) is 3.06. The Bertz CT molecular complexity index is 641. The number of amides is 1. The zero-order valence-electron chi connectivity index (χ0n) is 10.4. The fraction of sp³-hybridized carbons (Fsp3) is 0.0714. The number of rotatable bonds is 3. The lowest BCUT2D eigenvalue weighted by molar-refractivity contribution is 0.100. The van der Waals surface area contributed by atoms with Crippen molar-refractivity contribution in [2.75, 3.05) is 11.1 Å². The number of halogens is 1. The van der Waals surface area contributed by atoms with E-state index in [1.165, 1.54) is 0 Å². The molecule has 0 aromatic heterocycles. The third-order valence-corrected chi connectivity index (χ3v) is 3.29. The largest absolute Gasteiger partial charge is 0.397 e. The van der Waals surface area contributed by atoms with E-state index in [-0.39, 0.29) is 0 Å². The summed E-state index contributed by atoms with van der Waals surface area (Å²) in [7, 11) is 0. The number of benzene rings is 2. The summed E-state index contributed by atoms with van der Waals surface area (Å²) in [5.74, 6) is -0.488. The van der Waals surface area contributed by atoms with Crippen molar-refractivity contribution >= 4 is 38.9 Å². The van der Waals surface area contributed by atoms with Gasteiger partial charge in [0.15, 0.2) is 0 Å². The van der Waals surface area contributed by atoms with E-state index in [1.54, 1.807) is 18.2 Å². The number of primary amides is 1. The van der Waals surface area contributed by atoms with Gasteiger partial charge in [0, 0.05) is 15.7 Å². The van der Waals surface area contributed by atoms with Gasteiger partial charge in [0.2, 0.25) is 5.91 Å². The number of aryl methyl sites for hydroxylation is 1. The second-order valence-corrected chi connectivity index (χ2v) is 5.17. The van der Waals surface area contributed by atoms with Crippen LogP contribution in [0.3, 0.4) is 0 Å². The summed E-state index contributed by atoms with van der Waals surface area (Å²) in [5.41, 5.74) is 14.8. The molecule has 0 fully saturated rings. The Morgan fingerprint density at radius 2 is 1.84 bits per heavy atom. The first-order valence-corrected chi connectivity index (χ1v) is 6.49. The number of nitrogen functional groups attached to an aromatic ring is 1. The average Bonchev–Trinajstić information content (AvgIpc) is 2.34. The molecule has 0 bridgehead atoms. The summed E-state index contributed by atoms with van der Waals surface area (Å²) >= 11 is 3.42. The second-order valence-electron chi connectivity index (χ2n) is 4.25. The van der Waals surface area contributed by atoms with E-state index in [4.69, 9.17) is 11.5 Å². The Balaban J connectivity index is 2.31. The average molecular weight is 320 g/mol. The highest BCUT2D eigenvalue weighted by Crippen LogP contribution is 2.27. The summed E-state index contributed by atoms with van der Waals surface area (Å²) < 4.78 is 1.02. The van der Waals surface area contributed by atoms with E-state index < -0.39 is 5.91 Å². The molecular formula is C14H14BrN3O. The highest BCUT2D eigenvalue weighted by atomic mass is 79.9. The molecule has 4 nitrogen and oxygen atoms in total. The van der Waals surface area contributed by atoms with Crippen LogP contribution in [0.5, 0.6) is 0 Å². The molecule has 0 aliphatic heterocycles. The number of carbonyl (C=O) groups excluding carboxylic acids is 1. The van der Waals surface area contributed by atoms with Crippen LogP contribution >= 0.6 is 15.9 Å². The maximum absolute atomic E-state index is 11.1. The first-order valence-electron chi connectivity index (χ1n) is 5.70. The molecule has 19 heavy (non-hydrogen) atoms. The molecule has 0 saturated carbocycles. The molecule has 0 aliphatic rings. The lowest BCUT2D eigenvalue weighted by Gasteiger charge is -2.12. The quantitative estimate of drug-likeness (QED) is 0.760. The number of carbonyl (C=O) groups is 1. The number of anilines is 3. The molecule has 2 aromatic carbocycles. The summed E-state index contributed by atoms with van der Waals surface area (Å²) in [6, 6.07) is 10.9. The zero-order chi connectivity index (χ0) is 14.0. The van der Waals surface area contributed by atoms with Gasteiger partial charge in [-0.2, -0.15) is 0 Å². The van der Waals surface area contributed by atoms with Gasteiger partial charge in [0.25, 0.3) is 0 Å². The molecule has 5 heteroatoms. The summed E-state index contributed by atoms with van der Waals surface area (Å²) in [4.78, 5) is 11.1. The molecule has 0 atom stereocenters. The minimum Gasteiger partial charge on any atom is -0.397 e. The van der Waals surface area contributed by atoms with E-state index in [9.17, 15) is 4.79 Å². The molecule has 0 aliphatic carbocycles. The van der Waals surface area contributed by atoms with Crippen molar-refractivity contribution in [2.45, 2.75) is 6.92 Å². The molecule has 98 valence electrons. The standard InChI is InChI=1S/C14H14BrN3O/c1-8-6-10(15)3-5-12(8)18-13-4-2-9(14(17)19)7-11(13)16/h2-7,18H,16H2,1H3,(H2,17,19). The highest BCUT2D eigenvalue weighted by molar-refractivity contribution is 9.10. The lowest BCUT2D eigenvalue weighted by Crippen LogP contribution is -2.11. The predicted octanol–water partition coefficient (Wildman–Crippen LogP) is 3.18. The van der Waals surface area contributed by atoms with Crippen molar-refractivity contribution in [1.29, 1.82) is 0 Å². The summed E-state index contributed by atoms with van der Waals surface area (Å²) in [6.07, 6.45) is 0. The van der Waals surface area contributed by atoms with Crippen molar-refractivity contribution in [3.8, 4) is 0 Å². The van der Waals surface area contributed by atoms with Crippen molar-refractivity contribution in [3.05, 3.63) is 52.0 Å². The van der Waals surface area contributed by atoms with E-state index in [0.717, 1.165) is 21.4 Å². The van der Waals surface area contributed by atoms with Gasteiger partial charge in [-0.25, -0.2) is 0 Å². The zero-order valence-corrected chi connectivity index (χ0v) is 12.0. The van der Waals surface area contributed by atoms with Gasteiger partial charge in [-0.3, -0.25) is 4.79 Å². The predicted molar refractivity (Wildman–Crippen MR) is 81.5 cm³/mol. The van der Waals surface area contributed by atoms with Gasteiger partial charge in [-0.15, -0.1) is 0 Å². The summed E-state index contributed by atoms with van der Waals surface area (Å²) in [5, 5.41) is 3.24.